The largest absolute Gasteiger partial charge is 0.464 e. The zero-order valence-electron chi connectivity index (χ0n) is 11.6. The van der Waals surface area contributed by atoms with Crippen LogP contribution in [0.15, 0.2) is 53.1 Å². The van der Waals surface area contributed by atoms with Crippen LogP contribution in [0.4, 0.5) is 4.39 Å². The normalized spacial score (nSPS) is 12.7. The van der Waals surface area contributed by atoms with Crippen LogP contribution in [0.5, 0.6) is 0 Å². The molecule has 1 atom stereocenters. The van der Waals surface area contributed by atoms with Crippen LogP contribution < -0.4 is 5.32 Å². The van der Waals surface area contributed by atoms with Gasteiger partial charge < -0.3 is 9.73 Å². The van der Waals surface area contributed by atoms with E-state index in [9.17, 15) is 4.39 Å². The molecule has 0 bridgehead atoms. The summed E-state index contributed by atoms with van der Waals surface area (Å²) in [6.07, 6.45) is 1.71. The summed E-state index contributed by atoms with van der Waals surface area (Å²) < 4.78 is 19.2. The minimum atomic E-state index is -0.301. The van der Waals surface area contributed by atoms with Gasteiger partial charge in [0.15, 0.2) is 0 Å². The Morgan fingerprint density at radius 2 is 2.00 bits per heavy atom. The van der Waals surface area contributed by atoms with Gasteiger partial charge in [0.1, 0.15) is 11.4 Å². The monoisotopic (exact) mass is 303 g/mol. The third-order valence-corrected chi connectivity index (χ3v) is 3.84. The molecule has 0 fully saturated rings. The third kappa shape index (κ3) is 2.67. The Morgan fingerprint density at radius 3 is 2.81 bits per heavy atom. The Labute approximate surface area is 127 Å². The van der Waals surface area contributed by atoms with Gasteiger partial charge in [-0.05, 0) is 36.4 Å². The fourth-order valence-electron chi connectivity index (χ4n) is 2.55. The van der Waals surface area contributed by atoms with Gasteiger partial charge in [-0.1, -0.05) is 36.7 Å². The molecular formula is C17H15ClFNO. The molecule has 0 saturated carbocycles. The van der Waals surface area contributed by atoms with Crippen molar-refractivity contribution in [2.45, 2.75) is 13.0 Å². The van der Waals surface area contributed by atoms with Gasteiger partial charge in [-0.15, -0.1) is 0 Å². The number of para-hydroxylation sites is 1. The number of nitrogens with one attached hydrogen (secondary N) is 1. The van der Waals surface area contributed by atoms with Gasteiger partial charge in [-0.25, -0.2) is 4.39 Å². The first-order chi connectivity index (χ1) is 10.2. The van der Waals surface area contributed by atoms with Gasteiger partial charge in [0, 0.05) is 16.0 Å². The lowest BCUT2D eigenvalue weighted by atomic mass is 9.98. The Kier molecular flexibility index (Phi) is 3.95. The number of hydrogen-bond donors (Lipinski definition) is 1. The van der Waals surface area contributed by atoms with Crippen LogP contribution >= 0.6 is 11.6 Å². The lowest BCUT2D eigenvalue weighted by molar-refractivity contribution is 0.579. The molecule has 0 radical (unpaired) electrons. The predicted octanol–water partition coefficient (Wildman–Crippen LogP) is 4.92. The van der Waals surface area contributed by atoms with Crippen molar-refractivity contribution < 1.29 is 8.81 Å². The van der Waals surface area contributed by atoms with E-state index in [0.29, 0.717) is 10.6 Å². The molecule has 0 amide bonds. The van der Waals surface area contributed by atoms with Gasteiger partial charge in [0.25, 0.3) is 0 Å². The average molecular weight is 304 g/mol. The Bertz CT molecular complexity index is 768. The quantitative estimate of drug-likeness (QED) is 0.739. The van der Waals surface area contributed by atoms with E-state index < -0.39 is 0 Å². The third-order valence-electron chi connectivity index (χ3n) is 3.50. The highest BCUT2D eigenvalue weighted by Gasteiger charge is 2.21. The molecular weight excluding hydrogens is 289 g/mol. The maximum atomic E-state index is 13.6. The van der Waals surface area contributed by atoms with E-state index in [1.807, 2.05) is 31.2 Å². The maximum Gasteiger partial charge on any atom is 0.134 e. The molecule has 0 saturated heterocycles. The van der Waals surface area contributed by atoms with Crippen molar-refractivity contribution in [3.05, 3.63) is 70.7 Å². The van der Waals surface area contributed by atoms with Gasteiger partial charge in [0.05, 0.1) is 12.3 Å². The Balaban J connectivity index is 2.15. The SMILES string of the molecule is CCNC(c1cc(F)ccc1Cl)c1coc2ccccc12. The number of benzene rings is 2. The first kappa shape index (κ1) is 14.1. The molecule has 108 valence electrons. The van der Waals surface area contributed by atoms with E-state index in [1.54, 1.807) is 12.3 Å². The zero-order chi connectivity index (χ0) is 14.8. The summed E-state index contributed by atoms with van der Waals surface area (Å²) in [5.41, 5.74) is 2.48. The second kappa shape index (κ2) is 5.88. The van der Waals surface area contributed by atoms with E-state index in [4.69, 9.17) is 16.0 Å². The molecule has 3 aromatic rings. The zero-order valence-corrected chi connectivity index (χ0v) is 12.3. The number of rotatable bonds is 4. The first-order valence-corrected chi connectivity index (χ1v) is 7.23. The fourth-order valence-corrected chi connectivity index (χ4v) is 2.78. The minimum absolute atomic E-state index is 0.207. The minimum Gasteiger partial charge on any atom is -0.464 e. The second-order valence-corrected chi connectivity index (χ2v) is 5.25. The molecule has 0 spiro atoms. The van der Waals surface area contributed by atoms with Crippen LogP contribution in [-0.4, -0.2) is 6.54 Å². The van der Waals surface area contributed by atoms with Crippen LogP contribution in [0.2, 0.25) is 5.02 Å². The second-order valence-electron chi connectivity index (χ2n) is 4.84. The van der Waals surface area contributed by atoms with Crippen molar-refractivity contribution in [1.82, 2.24) is 5.32 Å². The summed E-state index contributed by atoms with van der Waals surface area (Å²) in [6.45, 7) is 2.74. The molecule has 1 heterocycles. The van der Waals surface area contributed by atoms with Crippen molar-refractivity contribution in [1.29, 1.82) is 0 Å². The van der Waals surface area contributed by atoms with E-state index >= 15 is 0 Å². The highest BCUT2D eigenvalue weighted by atomic mass is 35.5. The summed E-state index contributed by atoms with van der Waals surface area (Å²) in [7, 11) is 0. The van der Waals surface area contributed by atoms with Crippen molar-refractivity contribution in [3.8, 4) is 0 Å². The number of furan rings is 1. The Hall–Kier alpha value is -1.84. The maximum absolute atomic E-state index is 13.6. The summed E-state index contributed by atoms with van der Waals surface area (Å²) in [5.74, 6) is -0.301. The standard InChI is InChI=1S/C17H15ClFNO/c1-2-20-17(13-9-11(19)7-8-15(13)18)14-10-21-16-6-4-3-5-12(14)16/h3-10,17,20H,2H2,1H3. The molecule has 1 unspecified atom stereocenters. The van der Waals surface area contributed by atoms with E-state index in [1.165, 1.54) is 12.1 Å². The van der Waals surface area contributed by atoms with Crippen LogP contribution in [0.25, 0.3) is 11.0 Å². The highest BCUT2D eigenvalue weighted by Crippen LogP contribution is 2.34. The molecule has 1 aromatic heterocycles. The highest BCUT2D eigenvalue weighted by molar-refractivity contribution is 6.31. The van der Waals surface area contributed by atoms with Crippen LogP contribution in [0, 0.1) is 5.82 Å². The summed E-state index contributed by atoms with van der Waals surface area (Å²) in [6, 6.07) is 12.0. The summed E-state index contributed by atoms with van der Waals surface area (Å²) >= 11 is 6.26. The van der Waals surface area contributed by atoms with Gasteiger partial charge >= 0.3 is 0 Å². The van der Waals surface area contributed by atoms with E-state index in [-0.39, 0.29) is 11.9 Å². The molecule has 2 aromatic carbocycles. The molecule has 3 rings (SSSR count). The van der Waals surface area contributed by atoms with Gasteiger partial charge in [0.2, 0.25) is 0 Å². The fraction of sp³-hybridized carbons (Fsp3) is 0.176. The number of halogens is 2. The first-order valence-electron chi connectivity index (χ1n) is 6.85. The molecule has 2 nitrogen and oxygen atoms in total. The average Bonchev–Trinajstić information content (AvgIpc) is 2.91. The summed E-state index contributed by atoms with van der Waals surface area (Å²) in [4.78, 5) is 0. The topological polar surface area (TPSA) is 25.2 Å². The van der Waals surface area contributed by atoms with Crippen molar-refractivity contribution in [3.63, 3.8) is 0 Å². The van der Waals surface area contributed by atoms with E-state index in [2.05, 4.69) is 5.32 Å². The van der Waals surface area contributed by atoms with Crippen molar-refractivity contribution in [2.75, 3.05) is 6.54 Å². The number of hydrogen-bond acceptors (Lipinski definition) is 2. The van der Waals surface area contributed by atoms with Crippen molar-refractivity contribution in [2.24, 2.45) is 0 Å². The van der Waals surface area contributed by atoms with Crippen LogP contribution in [0.1, 0.15) is 24.1 Å². The lowest BCUT2D eigenvalue weighted by Gasteiger charge is -2.19. The smallest absolute Gasteiger partial charge is 0.134 e. The molecule has 4 heteroatoms. The molecule has 1 N–H and O–H groups in total. The Morgan fingerprint density at radius 1 is 1.19 bits per heavy atom. The predicted molar refractivity (Wildman–Crippen MR) is 83.1 cm³/mol. The van der Waals surface area contributed by atoms with Crippen LogP contribution in [0.3, 0.4) is 0 Å². The van der Waals surface area contributed by atoms with Crippen molar-refractivity contribution >= 4 is 22.6 Å². The van der Waals surface area contributed by atoms with E-state index in [0.717, 1.165) is 23.1 Å². The molecule has 21 heavy (non-hydrogen) atoms. The van der Waals surface area contributed by atoms with Gasteiger partial charge in [-0.3, -0.25) is 0 Å². The summed E-state index contributed by atoms with van der Waals surface area (Å²) in [5, 5.41) is 4.89. The number of fused-ring (bicyclic) bond motifs is 1. The lowest BCUT2D eigenvalue weighted by Crippen LogP contribution is -2.22. The molecule has 0 aliphatic carbocycles. The van der Waals surface area contributed by atoms with Gasteiger partial charge in [-0.2, -0.15) is 0 Å². The molecule has 0 aliphatic rings. The van der Waals surface area contributed by atoms with Crippen LogP contribution in [-0.2, 0) is 0 Å². The molecule has 0 aliphatic heterocycles.